The molecular formula is C11H23N3. The second-order valence-electron chi connectivity index (χ2n) is 4.01. The zero-order valence-corrected chi connectivity index (χ0v) is 9.74. The highest BCUT2D eigenvalue weighted by atomic mass is 15.6. The standard InChI is InChI=1S/C11H23N3/c1-4-6-7-8-9-14-11(5-2)13(3)10-12-14/h10-11H,4-9H2,1-3H3. The van der Waals surface area contributed by atoms with Crippen LogP contribution in [-0.2, 0) is 0 Å². The number of unbranched alkanes of at least 4 members (excludes halogenated alkanes) is 3. The minimum absolute atomic E-state index is 0.497. The van der Waals surface area contributed by atoms with E-state index in [1.165, 1.54) is 25.7 Å². The molecule has 1 aliphatic rings. The molecule has 1 aliphatic heterocycles. The average molecular weight is 197 g/mol. The van der Waals surface area contributed by atoms with E-state index in [0.717, 1.165) is 13.0 Å². The summed E-state index contributed by atoms with van der Waals surface area (Å²) in [5.41, 5.74) is 0. The van der Waals surface area contributed by atoms with E-state index < -0.39 is 0 Å². The van der Waals surface area contributed by atoms with Crippen molar-refractivity contribution in [3.63, 3.8) is 0 Å². The molecule has 0 radical (unpaired) electrons. The van der Waals surface area contributed by atoms with E-state index in [4.69, 9.17) is 0 Å². The summed E-state index contributed by atoms with van der Waals surface area (Å²) in [5.74, 6) is 0. The van der Waals surface area contributed by atoms with Crippen molar-refractivity contribution in [1.82, 2.24) is 9.91 Å². The topological polar surface area (TPSA) is 18.8 Å². The lowest BCUT2D eigenvalue weighted by Crippen LogP contribution is -2.37. The largest absolute Gasteiger partial charge is 0.343 e. The Morgan fingerprint density at radius 2 is 2.00 bits per heavy atom. The predicted octanol–water partition coefficient (Wildman–Crippen LogP) is 2.49. The van der Waals surface area contributed by atoms with Crippen molar-refractivity contribution < 1.29 is 0 Å². The first-order valence-electron chi connectivity index (χ1n) is 5.82. The van der Waals surface area contributed by atoms with Gasteiger partial charge in [-0.3, -0.25) is 5.01 Å². The van der Waals surface area contributed by atoms with Gasteiger partial charge < -0.3 is 4.90 Å². The lowest BCUT2D eigenvalue weighted by atomic mass is 10.2. The number of hydrogen-bond donors (Lipinski definition) is 0. The molecule has 3 nitrogen and oxygen atoms in total. The average Bonchev–Trinajstić information content (AvgIpc) is 2.54. The van der Waals surface area contributed by atoms with Crippen LogP contribution in [0.25, 0.3) is 0 Å². The van der Waals surface area contributed by atoms with Crippen LogP contribution in [0.15, 0.2) is 5.10 Å². The van der Waals surface area contributed by atoms with E-state index in [0.29, 0.717) is 6.17 Å². The van der Waals surface area contributed by atoms with E-state index in [-0.39, 0.29) is 0 Å². The molecule has 1 rings (SSSR count). The SMILES string of the molecule is CCCCCCN1N=CN(C)C1CC. The minimum Gasteiger partial charge on any atom is -0.343 e. The lowest BCUT2D eigenvalue weighted by molar-refractivity contribution is 0.140. The molecule has 0 saturated carbocycles. The molecule has 0 aromatic carbocycles. The van der Waals surface area contributed by atoms with Crippen LogP contribution in [0.5, 0.6) is 0 Å². The molecule has 0 N–H and O–H groups in total. The molecule has 0 aliphatic carbocycles. The second kappa shape index (κ2) is 5.89. The van der Waals surface area contributed by atoms with Crippen molar-refractivity contribution in [3.8, 4) is 0 Å². The summed E-state index contributed by atoms with van der Waals surface area (Å²) in [6, 6.07) is 0. The zero-order chi connectivity index (χ0) is 10.4. The number of hydrogen-bond acceptors (Lipinski definition) is 3. The Bertz CT molecular complexity index is 179. The molecule has 0 bridgehead atoms. The van der Waals surface area contributed by atoms with Gasteiger partial charge in [0, 0.05) is 13.6 Å². The number of hydrazone groups is 1. The summed E-state index contributed by atoms with van der Waals surface area (Å²) in [5, 5.41) is 6.62. The smallest absolute Gasteiger partial charge is 0.118 e. The summed E-state index contributed by atoms with van der Waals surface area (Å²) in [6.45, 7) is 5.57. The highest BCUT2D eigenvalue weighted by Crippen LogP contribution is 2.14. The van der Waals surface area contributed by atoms with Crippen LogP contribution in [0, 0.1) is 0 Å². The van der Waals surface area contributed by atoms with Crippen molar-refractivity contribution in [3.05, 3.63) is 0 Å². The summed E-state index contributed by atoms with van der Waals surface area (Å²) in [4.78, 5) is 2.19. The van der Waals surface area contributed by atoms with Gasteiger partial charge in [-0.25, -0.2) is 0 Å². The van der Waals surface area contributed by atoms with Crippen molar-refractivity contribution in [1.29, 1.82) is 0 Å². The van der Waals surface area contributed by atoms with Crippen molar-refractivity contribution in [2.24, 2.45) is 5.10 Å². The van der Waals surface area contributed by atoms with Crippen LogP contribution < -0.4 is 0 Å². The van der Waals surface area contributed by atoms with Crippen LogP contribution in [0.3, 0.4) is 0 Å². The van der Waals surface area contributed by atoms with Crippen LogP contribution >= 0.6 is 0 Å². The molecule has 0 aromatic rings. The summed E-state index contributed by atoms with van der Waals surface area (Å²) < 4.78 is 0. The van der Waals surface area contributed by atoms with Crippen LogP contribution in [-0.4, -0.2) is 36.0 Å². The van der Waals surface area contributed by atoms with Gasteiger partial charge in [0.1, 0.15) is 12.5 Å². The third kappa shape index (κ3) is 2.89. The first-order chi connectivity index (χ1) is 6.79. The highest BCUT2D eigenvalue weighted by Gasteiger charge is 2.22. The summed E-state index contributed by atoms with van der Waals surface area (Å²) in [7, 11) is 2.10. The maximum atomic E-state index is 4.40. The molecule has 14 heavy (non-hydrogen) atoms. The molecule has 0 amide bonds. The third-order valence-electron chi connectivity index (χ3n) is 2.80. The molecule has 0 saturated heterocycles. The number of nitrogens with zero attached hydrogens (tertiary/aromatic N) is 3. The lowest BCUT2D eigenvalue weighted by Gasteiger charge is -2.27. The van der Waals surface area contributed by atoms with Crippen molar-refractivity contribution >= 4 is 6.34 Å². The maximum Gasteiger partial charge on any atom is 0.118 e. The van der Waals surface area contributed by atoms with E-state index in [1.54, 1.807) is 0 Å². The van der Waals surface area contributed by atoms with Crippen molar-refractivity contribution in [2.75, 3.05) is 13.6 Å². The quantitative estimate of drug-likeness (QED) is 0.609. The van der Waals surface area contributed by atoms with Crippen LogP contribution in [0.4, 0.5) is 0 Å². The summed E-state index contributed by atoms with van der Waals surface area (Å²) in [6.07, 6.45) is 8.85. The molecule has 0 fully saturated rings. The molecule has 1 atom stereocenters. The maximum absolute atomic E-state index is 4.40. The molecule has 0 spiro atoms. The van der Waals surface area contributed by atoms with E-state index in [2.05, 4.69) is 35.9 Å². The predicted molar refractivity (Wildman–Crippen MR) is 61.2 cm³/mol. The third-order valence-corrected chi connectivity index (χ3v) is 2.80. The molecular weight excluding hydrogens is 174 g/mol. The fraction of sp³-hybridized carbons (Fsp3) is 0.909. The normalized spacial score (nSPS) is 20.9. The van der Waals surface area contributed by atoms with Gasteiger partial charge in [0.15, 0.2) is 0 Å². The van der Waals surface area contributed by atoms with Gasteiger partial charge in [-0.15, -0.1) is 0 Å². The Morgan fingerprint density at radius 1 is 1.21 bits per heavy atom. The Balaban J connectivity index is 2.20. The zero-order valence-electron chi connectivity index (χ0n) is 9.74. The van der Waals surface area contributed by atoms with Gasteiger partial charge in [-0.2, -0.15) is 5.10 Å². The van der Waals surface area contributed by atoms with Gasteiger partial charge in [0.2, 0.25) is 0 Å². The molecule has 0 aromatic heterocycles. The fourth-order valence-electron chi connectivity index (χ4n) is 1.92. The first-order valence-corrected chi connectivity index (χ1v) is 5.82. The Morgan fingerprint density at radius 3 is 2.64 bits per heavy atom. The second-order valence-corrected chi connectivity index (χ2v) is 4.01. The molecule has 3 heteroatoms. The Labute approximate surface area is 87.8 Å². The summed E-state index contributed by atoms with van der Waals surface area (Å²) >= 11 is 0. The Hall–Kier alpha value is -0.730. The van der Waals surface area contributed by atoms with Gasteiger partial charge in [-0.1, -0.05) is 33.1 Å². The highest BCUT2D eigenvalue weighted by molar-refractivity contribution is 5.56. The molecule has 82 valence electrons. The van der Waals surface area contributed by atoms with E-state index >= 15 is 0 Å². The monoisotopic (exact) mass is 197 g/mol. The van der Waals surface area contributed by atoms with Crippen molar-refractivity contribution in [2.45, 2.75) is 52.1 Å². The first kappa shape index (κ1) is 11.3. The van der Waals surface area contributed by atoms with Gasteiger partial charge >= 0.3 is 0 Å². The fourth-order valence-corrected chi connectivity index (χ4v) is 1.92. The van der Waals surface area contributed by atoms with Crippen LogP contribution in [0.2, 0.25) is 0 Å². The van der Waals surface area contributed by atoms with Gasteiger partial charge in [0.05, 0.1) is 0 Å². The van der Waals surface area contributed by atoms with Gasteiger partial charge in [-0.05, 0) is 12.8 Å². The molecule has 1 heterocycles. The Kier molecular flexibility index (Phi) is 4.77. The molecule has 1 unspecified atom stereocenters. The van der Waals surface area contributed by atoms with Gasteiger partial charge in [0.25, 0.3) is 0 Å². The van der Waals surface area contributed by atoms with Crippen LogP contribution in [0.1, 0.15) is 46.0 Å². The van der Waals surface area contributed by atoms with E-state index in [9.17, 15) is 0 Å². The minimum atomic E-state index is 0.497. The number of rotatable bonds is 6. The van der Waals surface area contributed by atoms with E-state index in [1.807, 2.05) is 6.34 Å².